The molecule has 7 rings (SSSR count). The Hall–Kier alpha value is -2.22. The Morgan fingerprint density at radius 3 is 2.62 bits per heavy atom. The predicted molar refractivity (Wildman–Crippen MR) is 98.4 cm³/mol. The molecule has 7 nitrogen and oxygen atoms in total. The number of nitrogens with two attached hydrogens (primary N) is 1. The Labute approximate surface area is 155 Å². The normalized spacial score (nSPS) is 35.2. The highest BCUT2D eigenvalue weighted by Gasteiger charge is 2.60. The van der Waals surface area contributed by atoms with Crippen LogP contribution in [-0.4, -0.2) is 29.3 Å². The Kier molecular flexibility index (Phi) is 2.83. The van der Waals surface area contributed by atoms with Gasteiger partial charge in [-0.3, -0.25) is 0 Å². The van der Waals surface area contributed by atoms with E-state index in [-0.39, 0.29) is 11.1 Å². The molecule has 26 heavy (non-hydrogen) atoms. The van der Waals surface area contributed by atoms with Crippen molar-refractivity contribution in [3.05, 3.63) is 31.2 Å². The fourth-order valence-electron chi connectivity index (χ4n) is 6.43. The molecule has 4 aliphatic carbocycles. The molecular weight excluding hydrogens is 346 g/mol. The molecule has 0 radical (unpaired) electrons. The van der Waals surface area contributed by atoms with Gasteiger partial charge in [-0.15, -0.1) is 0 Å². The lowest BCUT2D eigenvalue weighted by molar-refractivity contribution is -0.0968. The van der Waals surface area contributed by atoms with Crippen LogP contribution in [0.1, 0.15) is 38.5 Å². The maximum Gasteiger partial charge on any atom is 0.180 e. The fraction of sp³-hybridized carbons (Fsp3) is 0.556. The van der Waals surface area contributed by atoms with E-state index >= 15 is 0 Å². The average Bonchev–Trinajstić information content (AvgIpc) is 3.35. The van der Waals surface area contributed by atoms with Crippen molar-refractivity contribution < 1.29 is 0 Å². The first kappa shape index (κ1) is 14.9. The standard InChI is InChI=1S/C18H21N7S/c19-16-22-8-14(26-16)15-21-1-2-24(15)17-4-12-3-13(5-17)7-18(6-12,9-17)25-11-20-10-23-25/h1-2,8,10-13H,3-7,9H2,(H2,19,22). The summed E-state index contributed by atoms with van der Waals surface area (Å²) in [6, 6.07) is 0. The molecular formula is C18H21N7S. The zero-order valence-corrected chi connectivity index (χ0v) is 15.3. The highest BCUT2D eigenvalue weighted by molar-refractivity contribution is 7.18. The van der Waals surface area contributed by atoms with E-state index in [9.17, 15) is 0 Å². The van der Waals surface area contributed by atoms with E-state index in [0.29, 0.717) is 5.13 Å². The topological polar surface area (TPSA) is 87.4 Å². The zero-order valence-electron chi connectivity index (χ0n) is 14.5. The van der Waals surface area contributed by atoms with E-state index in [2.05, 4.69) is 35.5 Å². The summed E-state index contributed by atoms with van der Waals surface area (Å²) in [5.41, 5.74) is 6.10. The summed E-state index contributed by atoms with van der Waals surface area (Å²) in [5.74, 6) is 2.51. The van der Waals surface area contributed by atoms with Crippen LogP contribution < -0.4 is 5.73 Å². The van der Waals surface area contributed by atoms with Crippen LogP contribution in [0.4, 0.5) is 5.13 Å². The van der Waals surface area contributed by atoms with Gasteiger partial charge in [0.2, 0.25) is 0 Å². The van der Waals surface area contributed by atoms with Gasteiger partial charge in [0.1, 0.15) is 12.7 Å². The molecule has 0 aliphatic heterocycles. The summed E-state index contributed by atoms with van der Waals surface area (Å²) in [5, 5.41) is 5.16. The first-order valence-electron chi connectivity index (χ1n) is 9.27. The lowest BCUT2D eigenvalue weighted by Gasteiger charge is -2.62. The van der Waals surface area contributed by atoms with Gasteiger partial charge in [0, 0.05) is 17.9 Å². The smallest absolute Gasteiger partial charge is 0.180 e. The largest absolute Gasteiger partial charge is 0.375 e. The van der Waals surface area contributed by atoms with Crippen LogP contribution in [0.3, 0.4) is 0 Å². The van der Waals surface area contributed by atoms with Gasteiger partial charge >= 0.3 is 0 Å². The van der Waals surface area contributed by atoms with Crippen molar-refractivity contribution in [1.82, 2.24) is 29.3 Å². The molecule has 3 aromatic heterocycles. The van der Waals surface area contributed by atoms with Gasteiger partial charge in [-0.25, -0.2) is 19.6 Å². The number of anilines is 1. The van der Waals surface area contributed by atoms with Crippen LogP contribution in [0.2, 0.25) is 0 Å². The van der Waals surface area contributed by atoms with Crippen molar-refractivity contribution in [2.45, 2.75) is 49.6 Å². The number of hydrogen-bond acceptors (Lipinski definition) is 6. The average molecular weight is 367 g/mol. The van der Waals surface area contributed by atoms with Gasteiger partial charge in [-0.05, 0) is 50.4 Å². The number of rotatable bonds is 3. The van der Waals surface area contributed by atoms with E-state index in [1.165, 1.54) is 43.4 Å². The first-order chi connectivity index (χ1) is 12.7. The van der Waals surface area contributed by atoms with Crippen LogP contribution in [0.15, 0.2) is 31.2 Å². The molecule has 2 unspecified atom stereocenters. The number of nitrogens with zero attached hydrogens (tertiary/aromatic N) is 6. The Morgan fingerprint density at radius 1 is 1.12 bits per heavy atom. The van der Waals surface area contributed by atoms with Crippen LogP contribution in [-0.2, 0) is 11.1 Å². The van der Waals surface area contributed by atoms with Crippen LogP contribution in [0.25, 0.3) is 10.7 Å². The molecule has 2 atom stereocenters. The summed E-state index contributed by atoms with van der Waals surface area (Å²) in [6.45, 7) is 0. The number of thiazole rings is 1. The molecule has 4 fully saturated rings. The zero-order chi connectivity index (χ0) is 17.4. The van der Waals surface area contributed by atoms with Crippen LogP contribution in [0.5, 0.6) is 0 Å². The third kappa shape index (κ3) is 1.93. The molecule has 4 saturated carbocycles. The lowest BCUT2D eigenvalue weighted by atomic mass is 9.49. The predicted octanol–water partition coefficient (Wildman–Crippen LogP) is 2.88. The first-order valence-corrected chi connectivity index (χ1v) is 10.1. The van der Waals surface area contributed by atoms with Crippen LogP contribution in [0, 0.1) is 11.8 Å². The second-order valence-corrected chi connectivity index (χ2v) is 9.50. The molecule has 8 heteroatoms. The van der Waals surface area contributed by atoms with Crippen LogP contribution >= 0.6 is 11.3 Å². The number of hydrogen-bond donors (Lipinski definition) is 1. The SMILES string of the molecule is Nc1ncc(-c2nccn2C23CC4CC(CC(n5cncn5)(C4)C2)C3)s1. The second kappa shape index (κ2) is 4.94. The van der Waals surface area contributed by atoms with Crippen molar-refractivity contribution >= 4 is 16.5 Å². The van der Waals surface area contributed by atoms with Gasteiger partial charge in [-0.1, -0.05) is 11.3 Å². The Balaban J connectivity index is 1.48. The molecule has 3 heterocycles. The molecule has 4 aliphatic rings. The summed E-state index contributed by atoms with van der Waals surface area (Å²) >= 11 is 1.52. The summed E-state index contributed by atoms with van der Waals surface area (Å²) in [4.78, 5) is 14.2. The van der Waals surface area contributed by atoms with Crippen molar-refractivity contribution in [2.24, 2.45) is 11.8 Å². The molecule has 134 valence electrons. The van der Waals surface area contributed by atoms with Gasteiger partial charge in [0.15, 0.2) is 11.0 Å². The highest BCUT2D eigenvalue weighted by Crippen LogP contribution is 2.63. The summed E-state index contributed by atoms with van der Waals surface area (Å²) < 4.78 is 4.59. The third-order valence-electron chi connectivity index (χ3n) is 6.80. The van der Waals surface area contributed by atoms with Gasteiger partial charge < -0.3 is 10.3 Å². The fourth-order valence-corrected chi connectivity index (χ4v) is 7.11. The van der Waals surface area contributed by atoms with Crippen molar-refractivity contribution in [2.75, 3.05) is 5.73 Å². The lowest BCUT2D eigenvalue weighted by Crippen LogP contribution is -2.60. The number of imidazole rings is 1. The van der Waals surface area contributed by atoms with E-state index in [4.69, 9.17) is 5.73 Å². The number of aromatic nitrogens is 6. The molecule has 0 spiro atoms. The van der Waals surface area contributed by atoms with E-state index in [0.717, 1.165) is 29.0 Å². The van der Waals surface area contributed by atoms with E-state index in [1.54, 1.807) is 6.33 Å². The van der Waals surface area contributed by atoms with Gasteiger partial charge in [-0.2, -0.15) is 5.10 Å². The Morgan fingerprint density at radius 2 is 1.92 bits per heavy atom. The van der Waals surface area contributed by atoms with Gasteiger partial charge in [0.25, 0.3) is 0 Å². The molecule has 0 aromatic carbocycles. The Bertz CT molecular complexity index is 942. The molecule has 2 N–H and O–H groups in total. The molecule has 0 amide bonds. The van der Waals surface area contributed by atoms with E-state index < -0.39 is 0 Å². The second-order valence-electron chi connectivity index (χ2n) is 8.43. The summed E-state index contributed by atoms with van der Waals surface area (Å²) in [7, 11) is 0. The quantitative estimate of drug-likeness (QED) is 0.769. The third-order valence-corrected chi connectivity index (χ3v) is 7.62. The van der Waals surface area contributed by atoms with E-state index in [1.807, 2.05) is 18.7 Å². The molecule has 3 aromatic rings. The number of nitrogen functional groups attached to an aromatic ring is 1. The maximum atomic E-state index is 5.88. The highest BCUT2D eigenvalue weighted by atomic mass is 32.1. The minimum atomic E-state index is 0.106. The van der Waals surface area contributed by atoms with Gasteiger partial charge in [0.05, 0.1) is 16.6 Å². The monoisotopic (exact) mass is 367 g/mol. The van der Waals surface area contributed by atoms with Crippen molar-refractivity contribution in [3.63, 3.8) is 0 Å². The summed E-state index contributed by atoms with van der Waals surface area (Å²) in [6.07, 6.45) is 16.9. The molecule has 0 saturated heterocycles. The minimum Gasteiger partial charge on any atom is -0.375 e. The van der Waals surface area contributed by atoms with Crippen molar-refractivity contribution in [1.29, 1.82) is 0 Å². The minimum absolute atomic E-state index is 0.106. The molecule has 4 bridgehead atoms. The maximum absolute atomic E-state index is 5.88. The van der Waals surface area contributed by atoms with Crippen molar-refractivity contribution in [3.8, 4) is 10.7 Å².